The molecule has 3 amide bonds. The average molecular weight is 621 g/mol. The molecule has 5 rings (SSSR count). The average Bonchev–Trinajstić information content (AvgIpc) is 3.10. The van der Waals surface area contributed by atoms with Gasteiger partial charge in [0.1, 0.15) is 6.10 Å². The number of anilines is 1. The maximum atomic E-state index is 14.7. The Bertz CT molecular complexity index is 1550. The van der Waals surface area contributed by atoms with E-state index in [9.17, 15) is 14.4 Å². The lowest BCUT2D eigenvalue weighted by atomic mass is 10.00. The Labute approximate surface area is 269 Å². The second-order valence-corrected chi connectivity index (χ2v) is 11.3. The Hall–Kier alpha value is -4.99. The highest BCUT2D eigenvalue weighted by Gasteiger charge is 2.47. The summed E-state index contributed by atoms with van der Waals surface area (Å²) >= 11 is 0. The first-order valence-corrected chi connectivity index (χ1v) is 15.5. The van der Waals surface area contributed by atoms with Gasteiger partial charge in [0.25, 0.3) is 5.91 Å². The van der Waals surface area contributed by atoms with E-state index >= 15 is 0 Å². The highest BCUT2D eigenvalue weighted by Crippen LogP contribution is 2.26. The van der Waals surface area contributed by atoms with Gasteiger partial charge >= 0.3 is 0 Å². The highest BCUT2D eigenvalue weighted by atomic mass is 16.5. The molecular formula is C37H40N4O5. The fourth-order valence-corrected chi connectivity index (χ4v) is 5.52. The van der Waals surface area contributed by atoms with E-state index in [0.717, 1.165) is 22.4 Å². The minimum Gasteiger partial charge on any atom is -0.368 e. The third kappa shape index (κ3) is 8.80. The number of hydrogen-bond acceptors (Lipinski definition) is 6. The summed E-state index contributed by atoms with van der Waals surface area (Å²) in [6.45, 7) is 2.06. The molecule has 9 heteroatoms. The predicted molar refractivity (Wildman–Crippen MR) is 176 cm³/mol. The fraction of sp³-hybridized carbons (Fsp3) is 0.270. The summed E-state index contributed by atoms with van der Waals surface area (Å²) in [6.07, 6.45) is -1.53. The van der Waals surface area contributed by atoms with Crippen LogP contribution in [0.5, 0.6) is 0 Å². The van der Waals surface area contributed by atoms with Gasteiger partial charge in [-0.05, 0) is 28.8 Å². The summed E-state index contributed by atoms with van der Waals surface area (Å²) < 4.78 is 12.5. The Balaban J connectivity index is 1.44. The molecule has 1 fully saturated rings. The van der Waals surface area contributed by atoms with Crippen LogP contribution >= 0.6 is 0 Å². The number of piperazine rings is 1. The van der Waals surface area contributed by atoms with E-state index in [0.29, 0.717) is 26.2 Å². The second kappa shape index (κ2) is 15.8. The number of nitrogens with one attached hydrogen (secondary N) is 1. The zero-order valence-corrected chi connectivity index (χ0v) is 25.8. The summed E-state index contributed by atoms with van der Waals surface area (Å²) in [4.78, 5) is 45.1. The van der Waals surface area contributed by atoms with Gasteiger partial charge in [-0.25, -0.2) is 0 Å². The van der Waals surface area contributed by atoms with E-state index < -0.39 is 29.6 Å². The van der Waals surface area contributed by atoms with Gasteiger partial charge in [0.15, 0.2) is 0 Å². The molecule has 1 saturated heterocycles. The summed E-state index contributed by atoms with van der Waals surface area (Å²) in [7, 11) is 0. The molecule has 238 valence electrons. The predicted octanol–water partition coefficient (Wildman–Crippen LogP) is 4.07. The van der Waals surface area contributed by atoms with Crippen LogP contribution in [0.3, 0.4) is 0 Å². The van der Waals surface area contributed by atoms with E-state index in [2.05, 4.69) is 10.2 Å². The van der Waals surface area contributed by atoms with E-state index in [4.69, 9.17) is 15.2 Å². The number of rotatable bonds is 14. The fourth-order valence-electron chi connectivity index (χ4n) is 5.52. The van der Waals surface area contributed by atoms with E-state index in [-0.39, 0.29) is 26.1 Å². The van der Waals surface area contributed by atoms with Crippen molar-refractivity contribution < 1.29 is 23.9 Å². The Morgan fingerprint density at radius 1 is 0.696 bits per heavy atom. The number of para-hydroxylation sites is 1. The smallest absolute Gasteiger partial charge is 0.276 e. The summed E-state index contributed by atoms with van der Waals surface area (Å²) in [5.41, 5.74) is 7.40. The first-order chi connectivity index (χ1) is 22.4. The van der Waals surface area contributed by atoms with Crippen molar-refractivity contribution in [3.8, 4) is 0 Å². The molecule has 0 aliphatic carbocycles. The quantitative estimate of drug-likeness (QED) is 0.206. The van der Waals surface area contributed by atoms with Crippen LogP contribution in [-0.2, 0) is 43.5 Å². The van der Waals surface area contributed by atoms with Crippen LogP contribution < -0.4 is 16.0 Å². The van der Waals surface area contributed by atoms with Crippen molar-refractivity contribution in [1.29, 1.82) is 0 Å². The number of nitrogens with zero attached hydrogens (tertiary/aromatic N) is 2. The number of carbonyl (C=O) groups excluding carboxylic acids is 3. The van der Waals surface area contributed by atoms with Crippen LogP contribution in [-0.4, -0.2) is 60.6 Å². The maximum absolute atomic E-state index is 14.7. The molecule has 4 aromatic carbocycles. The van der Waals surface area contributed by atoms with Crippen LogP contribution in [0.4, 0.5) is 5.69 Å². The van der Waals surface area contributed by atoms with Gasteiger partial charge in [-0.2, -0.15) is 0 Å². The van der Waals surface area contributed by atoms with Crippen LogP contribution in [0.2, 0.25) is 0 Å². The molecule has 1 aliphatic heterocycles. The molecule has 1 heterocycles. The molecule has 9 nitrogen and oxygen atoms in total. The first-order valence-electron chi connectivity index (χ1n) is 15.5. The van der Waals surface area contributed by atoms with Crippen molar-refractivity contribution in [3.05, 3.63) is 138 Å². The summed E-state index contributed by atoms with van der Waals surface area (Å²) in [5, 5.41) is 2.92. The van der Waals surface area contributed by atoms with Crippen molar-refractivity contribution in [1.82, 2.24) is 10.2 Å². The number of nitrogens with two attached hydrogens (primary N) is 1. The number of carbonyl (C=O) groups is 3. The third-order valence-electron chi connectivity index (χ3n) is 7.99. The first kappa shape index (κ1) is 32.4. The molecular weight excluding hydrogens is 580 g/mol. The van der Waals surface area contributed by atoms with Gasteiger partial charge < -0.3 is 30.3 Å². The van der Waals surface area contributed by atoms with E-state index in [1.54, 1.807) is 4.90 Å². The lowest BCUT2D eigenvalue weighted by Crippen LogP contribution is -2.65. The number of hydrogen-bond donors (Lipinski definition) is 2. The minimum absolute atomic E-state index is 0.00629. The van der Waals surface area contributed by atoms with Crippen molar-refractivity contribution in [2.75, 3.05) is 31.1 Å². The van der Waals surface area contributed by atoms with Crippen molar-refractivity contribution in [2.24, 2.45) is 5.73 Å². The molecule has 0 saturated carbocycles. The summed E-state index contributed by atoms with van der Waals surface area (Å²) in [5.74, 6) is -1.64. The minimum atomic E-state index is -1.94. The van der Waals surface area contributed by atoms with Crippen molar-refractivity contribution >= 4 is 23.4 Å². The number of benzene rings is 4. The second-order valence-electron chi connectivity index (χ2n) is 11.3. The molecule has 46 heavy (non-hydrogen) atoms. The SMILES string of the molecule is NC(=O)C(C[C@@](NC(=O)Cc1ccccc1)(OCc1ccccc1)C(=O)N1CCN(c2ccccc2)CC1)OCc1ccccc1. The Morgan fingerprint density at radius 2 is 1.20 bits per heavy atom. The molecule has 0 radical (unpaired) electrons. The van der Waals surface area contributed by atoms with Crippen LogP contribution in [0.25, 0.3) is 0 Å². The number of amides is 3. The molecule has 0 spiro atoms. The third-order valence-corrected chi connectivity index (χ3v) is 7.99. The monoisotopic (exact) mass is 620 g/mol. The van der Waals surface area contributed by atoms with Crippen molar-refractivity contribution in [2.45, 2.75) is 37.9 Å². The summed E-state index contributed by atoms with van der Waals surface area (Å²) in [6, 6.07) is 38.0. The molecule has 1 unspecified atom stereocenters. The molecule has 4 aromatic rings. The van der Waals surface area contributed by atoms with Gasteiger partial charge in [-0.3, -0.25) is 14.4 Å². The molecule has 2 atom stereocenters. The maximum Gasteiger partial charge on any atom is 0.276 e. The topological polar surface area (TPSA) is 114 Å². The van der Waals surface area contributed by atoms with Gasteiger partial charge in [0.05, 0.1) is 19.6 Å². The van der Waals surface area contributed by atoms with E-state index in [1.165, 1.54) is 0 Å². The van der Waals surface area contributed by atoms with Crippen LogP contribution in [0.15, 0.2) is 121 Å². The molecule has 3 N–H and O–H groups in total. The van der Waals surface area contributed by atoms with Gasteiger partial charge in [0.2, 0.25) is 17.5 Å². The Morgan fingerprint density at radius 3 is 1.74 bits per heavy atom. The van der Waals surface area contributed by atoms with Crippen LogP contribution in [0.1, 0.15) is 23.1 Å². The number of primary amides is 1. The van der Waals surface area contributed by atoms with Crippen molar-refractivity contribution in [3.63, 3.8) is 0 Å². The largest absolute Gasteiger partial charge is 0.368 e. The zero-order valence-electron chi connectivity index (χ0n) is 25.8. The lowest BCUT2D eigenvalue weighted by molar-refractivity contribution is -0.179. The molecule has 0 bridgehead atoms. The lowest BCUT2D eigenvalue weighted by Gasteiger charge is -2.42. The zero-order chi connectivity index (χ0) is 32.2. The van der Waals surface area contributed by atoms with Crippen LogP contribution in [0, 0.1) is 0 Å². The molecule has 1 aliphatic rings. The van der Waals surface area contributed by atoms with Gasteiger partial charge in [-0.1, -0.05) is 109 Å². The number of ether oxygens (including phenoxy) is 2. The molecule has 0 aromatic heterocycles. The highest BCUT2D eigenvalue weighted by molar-refractivity contribution is 5.92. The van der Waals surface area contributed by atoms with Gasteiger partial charge in [-0.15, -0.1) is 0 Å². The normalized spacial score (nSPS) is 15.0. The Kier molecular flexibility index (Phi) is 11.2. The van der Waals surface area contributed by atoms with Gasteiger partial charge in [0, 0.05) is 38.3 Å². The standard InChI is InChI=1S/C37H40N4O5/c38-35(43)33(45-27-30-15-7-2-8-16-30)26-37(46-28-31-17-9-3-10-18-31,39-34(42)25-29-13-5-1-6-14-29)36(44)41-23-21-40(22-24-41)32-19-11-4-12-20-32/h1-20,33H,21-28H2,(H2,38,43)(H,39,42)/t33?,37-/m1/s1. The van der Waals surface area contributed by atoms with E-state index in [1.807, 2.05) is 121 Å².